The minimum atomic E-state index is -0.253. The fraction of sp³-hybridized carbons (Fsp3) is 0.167. The van der Waals surface area contributed by atoms with E-state index in [4.69, 9.17) is 4.74 Å². The Morgan fingerprint density at radius 2 is 2.06 bits per heavy atom. The zero-order chi connectivity index (χ0) is 21.4. The minimum absolute atomic E-state index is 0.253. The average molecular weight is 415 g/mol. The number of rotatable bonds is 5. The molecule has 1 aliphatic rings. The number of nitrogens with zero attached hydrogens (tertiary/aromatic N) is 4. The Bertz CT molecular complexity index is 1280. The van der Waals surface area contributed by atoms with Gasteiger partial charge in [-0.1, -0.05) is 12.1 Å². The number of aromatic nitrogens is 2. The van der Waals surface area contributed by atoms with Crippen LogP contribution in [0.5, 0.6) is 5.75 Å². The SMILES string of the molecule is COc1cc2c(cc1C)C=NCN2N(Cc1cccc(F)c1)c1ccc2[nH]ncc2c1. The fourth-order valence-electron chi connectivity index (χ4n) is 3.96. The largest absolute Gasteiger partial charge is 0.496 e. The smallest absolute Gasteiger partial charge is 0.130 e. The number of fused-ring (bicyclic) bond motifs is 2. The van der Waals surface area contributed by atoms with E-state index in [2.05, 4.69) is 37.3 Å². The van der Waals surface area contributed by atoms with Crippen molar-refractivity contribution in [2.45, 2.75) is 13.5 Å². The van der Waals surface area contributed by atoms with Crippen molar-refractivity contribution in [3.63, 3.8) is 0 Å². The number of ether oxygens (including phenoxy) is 1. The number of aliphatic imine (C=N–C) groups is 1. The van der Waals surface area contributed by atoms with Crippen molar-refractivity contribution in [3.8, 4) is 5.75 Å². The van der Waals surface area contributed by atoms with E-state index in [-0.39, 0.29) is 5.82 Å². The van der Waals surface area contributed by atoms with Gasteiger partial charge in [0.2, 0.25) is 0 Å². The Labute approximate surface area is 179 Å². The molecule has 0 bridgehead atoms. The molecule has 0 spiro atoms. The molecule has 1 N–H and O–H groups in total. The molecule has 0 atom stereocenters. The Balaban J connectivity index is 1.63. The van der Waals surface area contributed by atoms with Gasteiger partial charge in [0.1, 0.15) is 18.2 Å². The van der Waals surface area contributed by atoms with Crippen LogP contribution in [0.2, 0.25) is 0 Å². The Morgan fingerprint density at radius 3 is 2.90 bits per heavy atom. The summed E-state index contributed by atoms with van der Waals surface area (Å²) >= 11 is 0. The van der Waals surface area contributed by atoms with Gasteiger partial charge in [-0.15, -0.1) is 0 Å². The predicted octanol–water partition coefficient (Wildman–Crippen LogP) is 4.84. The third kappa shape index (κ3) is 3.59. The lowest BCUT2D eigenvalue weighted by Crippen LogP contribution is -2.44. The standard InChI is InChI=1S/C24H22FN5O/c1-16-8-19-12-26-15-30(23(19)11-24(16)31-2)29(14-17-4-3-5-20(25)9-17)21-6-7-22-18(10-21)13-27-28-22/h3-13H,14-15H2,1-2H3,(H,27,28). The summed E-state index contributed by atoms with van der Waals surface area (Å²) < 4.78 is 19.5. The maximum atomic E-state index is 13.9. The van der Waals surface area contributed by atoms with Crippen LogP contribution >= 0.6 is 0 Å². The Hall–Kier alpha value is -3.87. The number of halogens is 1. The van der Waals surface area contributed by atoms with Crippen LogP contribution in [-0.2, 0) is 6.54 Å². The van der Waals surface area contributed by atoms with Gasteiger partial charge in [-0.2, -0.15) is 5.10 Å². The van der Waals surface area contributed by atoms with Crippen LogP contribution in [0.3, 0.4) is 0 Å². The van der Waals surface area contributed by atoms with Crippen LogP contribution in [0, 0.1) is 12.7 Å². The van der Waals surface area contributed by atoms with E-state index < -0.39 is 0 Å². The lowest BCUT2D eigenvalue weighted by atomic mass is 10.1. The zero-order valence-corrected chi connectivity index (χ0v) is 17.3. The van der Waals surface area contributed by atoms with Gasteiger partial charge in [-0.3, -0.25) is 20.1 Å². The van der Waals surface area contributed by atoms with Crippen LogP contribution in [0.15, 0.2) is 65.8 Å². The second-order valence-corrected chi connectivity index (χ2v) is 7.56. The van der Waals surface area contributed by atoms with Crippen LogP contribution in [-0.4, -0.2) is 30.2 Å². The number of hydrazine groups is 1. The number of H-pyrrole nitrogens is 1. The summed E-state index contributed by atoms with van der Waals surface area (Å²) in [6.45, 7) is 2.94. The molecule has 7 heteroatoms. The number of methoxy groups -OCH3 is 1. The summed E-state index contributed by atoms with van der Waals surface area (Å²) in [5.41, 5.74) is 5.83. The third-order valence-corrected chi connectivity index (χ3v) is 5.50. The predicted molar refractivity (Wildman–Crippen MR) is 121 cm³/mol. The topological polar surface area (TPSA) is 56.8 Å². The molecule has 0 saturated carbocycles. The molecule has 5 rings (SSSR count). The van der Waals surface area contributed by atoms with Crippen LogP contribution in [0.4, 0.5) is 15.8 Å². The van der Waals surface area contributed by atoms with Gasteiger partial charge in [0.05, 0.1) is 36.7 Å². The second-order valence-electron chi connectivity index (χ2n) is 7.56. The first-order valence-electron chi connectivity index (χ1n) is 10.0. The highest BCUT2D eigenvalue weighted by molar-refractivity contribution is 5.92. The molecule has 0 aliphatic carbocycles. The van der Waals surface area contributed by atoms with Crippen LogP contribution < -0.4 is 14.8 Å². The second kappa shape index (κ2) is 7.75. The van der Waals surface area contributed by atoms with E-state index >= 15 is 0 Å². The van der Waals surface area contributed by atoms with Crippen molar-refractivity contribution < 1.29 is 9.13 Å². The zero-order valence-electron chi connectivity index (χ0n) is 17.3. The number of aromatic amines is 1. The monoisotopic (exact) mass is 415 g/mol. The summed E-state index contributed by atoms with van der Waals surface area (Å²) in [6.07, 6.45) is 3.69. The van der Waals surface area contributed by atoms with E-state index in [1.54, 1.807) is 25.4 Å². The molecule has 0 saturated heterocycles. The van der Waals surface area contributed by atoms with E-state index in [1.807, 2.05) is 37.4 Å². The number of benzene rings is 3. The number of aryl methyl sites for hydroxylation is 1. The first-order chi connectivity index (χ1) is 15.1. The van der Waals surface area contributed by atoms with Crippen LogP contribution in [0.25, 0.3) is 10.9 Å². The van der Waals surface area contributed by atoms with E-state index in [0.29, 0.717) is 13.2 Å². The third-order valence-electron chi connectivity index (χ3n) is 5.50. The highest BCUT2D eigenvalue weighted by atomic mass is 19.1. The molecule has 0 fully saturated rings. The average Bonchev–Trinajstić information content (AvgIpc) is 3.24. The van der Waals surface area contributed by atoms with E-state index in [0.717, 1.165) is 44.7 Å². The maximum absolute atomic E-state index is 13.9. The first-order valence-corrected chi connectivity index (χ1v) is 10.0. The lowest BCUT2D eigenvalue weighted by Gasteiger charge is -2.39. The summed E-state index contributed by atoms with van der Waals surface area (Å²) in [5, 5.41) is 12.3. The maximum Gasteiger partial charge on any atom is 0.130 e. The molecular formula is C24H22FN5O. The summed E-state index contributed by atoms with van der Waals surface area (Å²) in [5.74, 6) is 0.562. The molecule has 0 unspecified atom stereocenters. The molecule has 1 aliphatic heterocycles. The van der Waals surface area contributed by atoms with E-state index in [9.17, 15) is 4.39 Å². The number of hydrogen-bond acceptors (Lipinski definition) is 5. The molecule has 0 amide bonds. The molecular weight excluding hydrogens is 393 g/mol. The molecule has 6 nitrogen and oxygen atoms in total. The molecule has 1 aromatic heterocycles. The molecule has 156 valence electrons. The Kier molecular flexibility index (Phi) is 4.78. The van der Waals surface area contributed by atoms with Crippen molar-refractivity contribution >= 4 is 28.5 Å². The minimum Gasteiger partial charge on any atom is -0.496 e. The quantitative estimate of drug-likeness (QED) is 0.507. The number of nitrogens with one attached hydrogen (secondary N) is 1. The fourth-order valence-corrected chi connectivity index (χ4v) is 3.96. The summed E-state index contributed by atoms with van der Waals surface area (Å²) in [4.78, 5) is 4.58. The highest BCUT2D eigenvalue weighted by Gasteiger charge is 2.24. The van der Waals surface area contributed by atoms with E-state index in [1.165, 1.54) is 6.07 Å². The van der Waals surface area contributed by atoms with Gasteiger partial charge in [0.15, 0.2) is 0 Å². The summed E-state index contributed by atoms with van der Waals surface area (Å²) in [7, 11) is 1.67. The van der Waals surface area contributed by atoms with Gasteiger partial charge >= 0.3 is 0 Å². The summed E-state index contributed by atoms with van der Waals surface area (Å²) in [6, 6.07) is 16.9. The normalized spacial score (nSPS) is 12.8. The van der Waals surface area contributed by atoms with Gasteiger partial charge in [0.25, 0.3) is 0 Å². The molecule has 31 heavy (non-hydrogen) atoms. The molecule has 3 aromatic carbocycles. The van der Waals surface area contributed by atoms with Crippen molar-refractivity contribution in [3.05, 3.63) is 83.3 Å². The molecule has 0 radical (unpaired) electrons. The molecule has 4 aromatic rings. The highest BCUT2D eigenvalue weighted by Crippen LogP contribution is 2.34. The first kappa shape index (κ1) is 19.1. The van der Waals surface area contributed by atoms with Crippen molar-refractivity contribution in [1.29, 1.82) is 0 Å². The van der Waals surface area contributed by atoms with Gasteiger partial charge in [-0.05, 0) is 54.4 Å². The number of anilines is 2. The Morgan fingerprint density at radius 1 is 1.16 bits per heavy atom. The van der Waals surface area contributed by atoms with Gasteiger partial charge < -0.3 is 4.74 Å². The van der Waals surface area contributed by atoms with Crippen molar-refractivity contribution in [2.24, 2.45) is 4.99 Å². The van der Waals surface area contributed by atoms with Gasteiger partial charge in [-0.25, -0.2) is 4.39 Å². The van der Waals surface area contributed by atoms with Crippen molar-refractivity contribution in [2.75, 3.05) is 23.8 Å². The van der Waals surface area contributed by atoms with Gasteiger partial charge in [0, 0.05) is 23.2 Å². The number of hydrogen-bond donors (Lipinski definition) is 1. The van der Waals surface area contributed by atoms with Crippen molar-refractivity contribution in [1.82, 2.24) is 10.2 Å². The molecule has 2 heterocycles. The van der Waals surface area contributed by atoms with Crippen LogP contribution in [0.1, 0.15) is 16.7 Å². The lowest BCUT2D eigenvalue weighted by molar-refractivity contribution is 0.411.